The van der Waals surface area contributed by atoms with E-state index in [0.717, 1.165) is 43.8 Å². The molecule has 2 saturated heterocycles. The van der Waals surface area contributed by atoms with Gasteiger partial charge >= 0.3 is 0 Å². The van der Waals surface area contributed by atoms with Crippen molar-refractivity contribution in [2.45, 2.75) is 19.5 Å². The van der Waals surface area contributed by atoms with Crippen LogP contribution in [0, 0.1) is 11.8 Å². The van der Waals surface area contributed by atoms with E-state index < -0.39 is 0 Å². The molecule has 1 unspecified atom stereocenters. The quantitative estimate of drug-likeness (QED) is 0.827. The average Bonchev–Trinajstić information content (AvgIpc) is 3.10. The maximum absolute atomic E-state index is 12.1. The summed E-state index contributed by atoms with van der Waals surface area (Å²) < 4.78 is 5.21. The van der Waals surface area contributed by atoms with Gasteiger partial charge in [0.15, 0.2) is 0 Å². The smallest absolute Gasteiger partial charge is 0.237 e. The number of carbonyl (C=O) groups excluding carboxylic acids is 1. The molecule has 0 radical (unpaired) electrons. The van der Waals surface area contributed by atoms with Crippen LogP contribution in [0.2, 0.25) is 0 Å². The van der Waals surface area contributed by atoms with Crippen molar-refractivity contribution in [1.82, 2.24) is 15.5 Å². The van der Waals surface area contributed by atoms with Gasteiger partial charge in [-0.1, -0.05) is 0 Å². The van der Waals surface area contributed by atoms with Gasteiger partial charge in [-0.3, -0.25) is 9.69 Å². The number of nitrogens with one attached hydrogen (secondary N) is 2. The number of hydrogen-bond acceptors (Lipinski definition) is 4. The summed E-state index contributed by atoms with van der Waals surface area (Å²) in [6, 6.07) is 3.65. The van der Waals surface area contributed by atoms with Crippen LogP contribution in [0.25, 0.3) is 0 Å². The first-order valence-electron chi connectivity index (χ1n) is 6.99. The van der Waals surface area contributed by atoms with Crippen molar-refractivity contribution in [2.75, 3.05) is 26.2 Å². The number of carbonyl (C=O) groups is 1. The van der Waals surface area contributed by atoms with E-state index in [2.05, 4.69) is 15.5 Å². The fourth-order valence-corrected chi connectivity index (χ4v) is 3.11. The second kappa shape index (κ2) is 5.35. The van der Waals surface area contributed by atoms with Crippen LogP contribution >= 0.6 is 0 Å². The van der Waals surface area contributed by atoms with Gasteiger partial charge < -0.3 is 15.1 Å². The summed E-state index contributed by atoms with van der Waals surface area (Å²) in [5.74, 6) is 2.33. The van der Waals surface area contributed by atoms with Gasteiger partial charge in [0.1, 0.15) is 5.76 Å². The molecule has 1 aromatic rings. The molecule has 0 saturated carbocycles. The molecule has 104 valence electrons. The number of rotatable bonds is 4. The highest BCUT2D eigenvalue weighted by molar-refractivity contribution is 5.81. The molecule has 3 heterocycles. The zero-order valence-electron chi connectivity index (χ0n) is 11.3. The molecule has 2 aliphatic rings. The Kier molecular flexibility index (Phi) is 3.57. The van der Waals surface area contributed by atoms with Crippen molar-refractivity contribution >= 4 is 5.91 Å². The fourth-order valence-electron chi connectivity index (χ4n) is 3.11. The van der Waals surface area contributed by atoms with E-state index in [1.54, 1.807) is 6.26 Å². The molecule has 1 aromatic heterocycles. The minimum absolute atomic E-state index is 0.0550. The van der Waals surface area contributed by atoms with Crippen LogP contribution in [0.5, 0.6) is 0 Å². The lowest BCUT2D eigenvalue weighted by atomic mass is 10.0. The topological polar surface area (TPSA) is 57.5 Å². The van der Waals surface area contributed by atoms with E-state index in [1.165, 1.54) is 0 Å². The molecular weight excluding hydrogens is 242 g/mol. The SMILES string of the molecule is CC(C(=O)NCc1ccco1)N1C[C@H]2CNC[C@H]2C1. The molecule has 2 fully saturated rings. The average molecular weight is 263 g/mol. The highest BCUT2D eigenvalue weighted by atomic mass is 16.3. The Hall–Kier alpha value is -1.33. The number of fused-ring (bicyclic) bond motifs is 1. The number of nitrogens with zero attached hydrogens (tertiary/aromatic N) is 1. The first kappa shape index (κ1) is 12.7. The predicted molar refractivity (Wildman–Crippen MR) is 71.4 cm³/mol. The predicted octanol–water partition coefficient (Wildman–Crippen LogP) is 0.436. The summed E-state index contributed by atoms with van der Waals surface area (Å²) in [5, 5.41) is 6.35. The Bertz CT molecular complexity index is 420. The second-order valence-corrected chi connectivity index (χ2v) is 5.61. The maximum Gasteiger partial charge on any atom is 0.237 e. The molecule has 0 bridgehead atoms. The monoisotopic (exact) mass is 263 g/mol. The van der Waals surface area contributed by atoms with Crippen molar-refractivity contribution in [1.29, 1.82) is 0 Å². The molecule has 2 aliphatic heterocycles. The minimum atomic E-state index is -0.0550. The van der Waals surface area contributed by atoms with Crippen LogP contribution in [0.15, 0.2) is 22.8 Å². The Morgan fingerprint density at radius 3 is 2.89 bits per heavy atom. The van der Waals surface area contributed by atoms with Crippen LogP contribution in [0.4, 0.5) is 0 Å². The zero-order valence-corrected chi connectivity index (χ0v) is 11.3. The van der Waals surface area contributed by atoms with Gasteiger partial charge in [-0.05, 0) is 44.0 Å². The molecule has 3 atom stereocenters. The van der Waals surface area contributed by atoms with Crippen molar-refractivity contribution in [3.8, 4) is 0 Å². The van der Waals surface area contributed by atoms with Gasteiger partial charge in [0.05, 0.1) is 18.8 Å². The van der Waals surface area contributed by atoms with Gasteiger partial charge in [0, 0.05) is 13.1 Å². The van der Waals surface area contributed by atoms with Crippen molar-refractivity contribution in [3.63, 3.8) is 0 Å². The first-order valence-corrected chi connectivity index (χ1v) is 6.99. The Labute approximate surface area is 113 Å². The van der Waals surface area contributed by atoms with Crippen LogP contribution in [0.1, 0.15) is 12.7 Å². The molecule has 0 aromatic carbocycles. The lowest BCUT2D eigenvalue weighted by Gasteiger charge is -2.24. The molecule has 0 spiro atoms. The third kappa shape index (κ3) is 2.67. The standard InChI is InChI=1S/C14H21N3O2/c1-10(14(18)16-7-13-3-2-4-19-13)17-8-11-5-15-6-12(11)9-17/h2-4,10-12,15H,5-9H2,1H3,(H,16,18)/t10?,11-,12+. The lowest BCUT2D eigenvalue weighted by molar-refractivity contribution is -0.125. The molecule has 19 heavy (non-hydrogen) atoms. The van der Waals surface area contributed by atoms with Crippen molar-refractivity contribution < 1.29 is 9.21 Å². The van der Waals surface area contributed by atoms with E-state index in [1.807, 2.05) is 19.1 Å². The first-order chi connectivity index (χ1) is 9.24. The van der Waals surface area contributed by atoms with Crippen LogP contribution < -0.4 is 10.6 Å². The molecule has 5 nitrogen and oxygen atoms in total. The maximum atomic E-state index is 12.1. The number of amides is 1. The van der Waals surface area contributed by atoms with Gasteiger partial charge in [-0.2, -0.15) is 0 Å². The Balaban J connectivity index is 1.49. The number of hydrogen-bond donors (Lipinski definition) is 2. The normalized spacial score (nSPS) is 28.3. The third-order valence-electron chi connectivity index (χ3n) is 4.36. The Morgan fingerprint density at radius 2 is 2.26 bits per heavy atom. The molecule has 2 N–H and O–H groups in total. The van der Waals surface area contributed by atoms with E-state index in [9.17, 15) is 4.79 Å². The lowest BCUT2D eigenvalue weighted by Crippen LogP contribution is -2.44. The third-order valence-corrected chi connectivity index (χ3v) is 4.36. The summed E-state index contributed by atoms with van der Waals surface area (Å²) in [6.45, 7) is 6.73. The molecular formula is C14H21N3O2. The largest absolute Gasteiger partial charge is 0.467 e. The molecule has 3 rings (SSSR count). The zero-order chi connectivity index (χ0) is 13.2. The summed E-state index contributed by atoms with van der Waals surface area (Å²) in [6.07, 6.45) is 1.62. The van der Waals surface area contributed by atoms with Crippen LogP contribution in [-0.4, -0.2) is 43.0 Å². The number of likely N-dealkylation sites (tertiary alicyclic amines) is 1. The van der Waals surface area contributed by atoms with Crippen LogP contribution in [0.3, 0.4) is 0 Å². The second-order valence-electron chi connectivity index (χ2n) is 5.61. The van der Waals surface area contributed by atoms with E-state index >= 15 is 0 Å². The van der Waals surface area contributed by atoms with E-state index in [-0.39, 0.29) is 11.9 Å². The molecule has 1 amide bonds. The highest BCUT2D eigenvalue weighted by Gasteiger charge is 2.39. The summed E-state index contributed by atoms with van der Waals surface area (Å²) >= 11 is 0. The summed E-state index contributed by atoms with van der Waals surface area (Å²) in [7, 11) is 0. The van der Waals surface area contributed by atoms with Gasteiger partial charge in [-0.15, -0.1) is 0 Å². The molecule has 5 heteroatoms. The number of furan rings is 1. The van der Waals surface area contributed by atoms with Gasteiger partial charge in [0.2, 0.25) is 5.91 Å². The van der Waals surface area contributed by atoms with E-state index in [0.29, 0.717) is 6.54 Å². The Morgan fingerprint density at radius 1 is 1.53 bits per heavy atom. The van der Waals surface area contributed by atoms with Crippen LogP contribution in [-0.2, 0) is 11.3 Å². The fraction of sp³-hybridized carbons (Fsp3) is 0.643. The van der Waals surface area contributed by atoms with Crippen molar-refractivity contribution in [2.24, 2.45) is 11.8 Å². The molecule has 0 aliphatic carbocycles. The minimum Gasteiger partial charge on any atom is -0.467 e. The highest BCUT2D eigenvalue weighted by Crippen LogP contribution is 2.27. The van der Waals surface area contributed by atoms with Gasteiger partial charge in [0.25, 0.3) is 0 Å². The van der Waals surface area contributed by atoms with Gasteiger partial charge in [-0.25, -0.2) is 0 Å². The van der Waals surface area contributed by atoms with Crippen molar-refractivity contribution in [3.05, 3.63) is 24.2 Å². The summed E-state index contributed by atoms with van der Waals surface area (Å²) in [5.41, 5.74) is 0. The van der Waals surface area contributed by atoms with E-state index in [4.69, 9.17) is 4.42 Å². The summed E-state index contributed by atoms with van der Waals surface area (Å²) in [4.78, 5) is 14.4.